The topological polar surface area (TPSA) is 137 Å². The molecule has 5 rings (SSSR count). The van der Waals surface area contributed by atoms with Gasteiger partial charge in [0, 0.05) is 29.3 Å². The highest BCUT2D eigenvalue weighted by Crippen LogP contribution is 2.39. The number of para-hydroxylation sites is 1. The number of nitrogens with two attached hydrogens (primary N) is 1. The molecule has 2 amide bonds. The molecule has 35 heavy (non-hydrogen) atoms. The molecule has 10 nitrogen and oxygen atoms in total. The fourth-order valence-corrected chi connectivity index (χ4v) is 4.55. The van der Waals surface area contributed by atoms with Crippen molar-refractivity contribution in [1.29, 1.82) is 0 Å². The van der Waals surface area contributed by atoms with Gasteiger partial charge in [-0.2, -0.15) is 5.10 Å². The van der Waals surface area contributed by atoms with Gasteiger partial charge >= 0.3 is 0 Å². The van der Waals surface area contributed by atoms with Crippen molar-refractivity contribution in [3.05, 3.63) is 42.4 Å². The SMILES string of the molecule is COc1c(Nc2cc(NC(=O)C3CC3)nnc2C(N)=O)cccc1-c1cnn(C2CCCCC2)c1. The number of nitrogens with one attached hydrogen (secondary N) is 2. The monoisotopic (exact) mass is 475 g/mol. The highest BCUT2D eigenvalue weighted by Gasteiger charge is 2.30. The van der Waals surface area contributed by atoms with Crippen LogP contribution in [0.3, 0.4) is 0 Å². The molecule has 4 N–H and O–H groups in total. The molecule has 2 aliphatic rings. The van der Waals surface area contributed by atoms with Gasteiger partial charge < -0.3 is 21.1 Å². The summed E-state index contributed by atoms with van der Waals surface area (Å²) >= 11 is 0. The molecule has 2 saturated carbocycles. The van der Waals surface area contributed by atoms with Crippen molar-refractivity contribution < 1.29 is 14.3 Å². The van der Waals surface area contributed by atoms with E-state index in [1.54, 1.807) is 13.2 Å². The number of amides is 2. The minimum atomic E-state index is -0.732. The number of hydrogen-bond donors (Lipinski definition) is 3. The summed E-state index contributed by atoms with van der Waals surface area (Å²) < 4.78 is 7.83. The summed E-state index contributed by atoms with van der Waals surface area (Å²) in [6.45, 7) is 0. The van der Waals surface area contributed by atoms with E-state index in [2.05, 4.69) is 36.8 Å². The largest absolute Gasteiger partial charge is 0.494 e. The molecule has 182 valence electrons. The van der Waals surface area contributed by atoms with Crippen LogP contribution in [0.15, 0.2) is 36.7 Å². The lowest BCUT2D eigenvalue weighted by Crippen LogP contribution is -2.19. The number of anilines is 3. The van der Waals surface area contributed by atoms with Gasteiger partial charge in [0.05, 0.1) is 30.7 Å². The van der Waals surface area contributed by atoms with Gasteiger partial charge in [0.15, 0.2) is 11.5 Å². The Hall–Kier alpha value is -3.95. The lowest BCUT2D eigenvalue weighted by Gasteiger charge is -2.21. The van der Waals surface area contributed by atoms with Crippen molar-refractivity contribution in [2.24, 2.45) is 11.7 Å². The van der Waals surface area contributed by atoms with Crippen LogP contribution in [0.4, 0.5) is 17.2 Å². The molecule has 0 atom stereocenters. The van der Waals surface area contributed by atoms with Gasteiger partial charge in [0.1, 0.15) is 5.75 Å². The Morgan fingerprint density at radius 3 is 2.60 bits per heavy atom. The molecule has 0 spiro atoms. The maximum atomic E-state index is 12.2. The Kier molecular flexibility index (Phi) is 6.35. The standard InChI is InChI=1S/C25H29N7O3/c1-35-23-18(16-13-27-32(14-16)17-6-3-2-4-7-17)8-5-9-19(23)28-20-12-21(29-25(34)15-10-11-15)30-31-22(20)24(26)33/h5,8-9,12-15,17H,2-4,6-7,10-11H2,1H3,(H2,26,33)(H2,28,29,30,34). The maximum absolute atomic E-state index is 12.2. The van der Waals surface area contributed by atoms with Crippen LogP contribution in [-0.4, -0.2) is 38.9 Å². The van der Waals surface area contributed by atoms with Crippen LogP contribution in [0.1, 0.15) is 61.5 Å². The molecule has 3 aromatic rings. The molecule has 2 fully saturated rings. The van der Waals surface area contributed by atoms with Crippen LogP contribution in [-0.2, 0) is 4.79 Å². The van der Waals surface area contributed by atoms with E-state index in [-0.39, 0.29) is 23.3 Å². The van der Waals surface area contributed by atoms with Gasteiger partial charge in [-0.3, -0.25) is 14.3 Å². The Bertz CT molecular complexity index is 1250. The fraction of sp³-hybridized carbons (Fsp3) is 0.400. The van der Waals surface area contributed by atoms with Crippen LogP contribution < -0.4 is 21.1 Å². The molecular formula is C25H29N7O3. The van der Waals surface area contributed by atoms with E-state index in [4.69, 9.17) is 10.5 Å². The molecule has 2 aliphatic carbocycles. The van der Waals surface area contributed by atoms with E-state index in [9.17, 15) is 9.59 Å². The maximum Gasteiger partial charge on any atom is 0.271 e. The number of methoxy groups -OCH3 is 1. The van der Waals surface area contributed by atoms with Gasteiger partial charge in [-0.25, -0.2) is 0 Å². The zero-order valence-corrected chi connectivity index (χ0v) is 19.7. The first-order valence-corrected chi connectivity index (χ1v) is 12.0. The van der Waals surface area contributed by atoms with Gasteiger partial charge in [-0.1, -0.05) is 31.4 Å². The number of aromatic nitrogens is 4. The van der Waals surface area contributed by atoms with Crippen LogP contribution >= 0.6 is 0 Å². The first kappa shape index (κ1) is 22.8. The third kappa shape index (κ3) is 4.96. The predicted octanol–water partition coefficient (Wildman–Crippen LogP) is 4.04. The number of benzene rings is 1. The van der Waals surface area contributed by atoms with Gasteiger partial charge in [0.25, 0.3) is 5.91 Å². The van der Waals surface area contributed by atoms with E-state index in [0.29, 0.717) is 23.2 Å². The van der Waals surface area contributed by atoms with Crippen LogP contribution in [0.25, 0.3) is 11.1 Å². The van der Waals surface area contributed by atoms with Crippen molar-refractivity contribution in [3.63, 3.8) is 0 Å². The van der Waals surface area contributed by atoms with Crippen molar-refractivity contribution in [2.45, 2.75) is 51.0 Å². The summed E-state index contributed by atoms with van der Waals surface area (Å²) in [6.07, 6.45) is 11.7. The second-order valence-electron chi connectivity index (χ2n) is 9.13. The quantitative estimate of drug-likeness (QED) is 0.447. The van der Waals surface area contributed by atoms with Crippen molar-refractivity contribution in [1.82, 2.24) is 20.0 Å². The number of ether oxygens (including phenoxy) is 1. The summed E-state index contributed by atoms with van der Waals surface area (Å²) in [4.78, 5) is 24.2. The normalized spacial score (nSPS) is 16.0. The lowest BCUT2D eigenvalue weighted by molar-refractivity contribution is -0.117. The fourth-order valence-electron chi connectivity index (χ4n) is 4.55. The molecule has 2 aromatic heterocycles. The minimum absolute atomic E-state index is 0.00956. The molecule has 0 saturated heterocycles. The Morgan fingerprint density at radius 1 is 1.09 bits per heavy atom. The van der Waals surface area contributed by atoms with E-state index >= 15 is 0 Å². The Labute approximate surface area is 203 Å². The van der Waals surface area contributed by atoms with Crippen LogP contribution in [0.5, 0.6) is 5.75 Å². The number of carbonyl (C=O) groups is 2. The molecule has 0 bridgehead atoms. The summed E-state index contributed by atoms with van der Waals surface area (Å²) in [5, 5.41) is 18.5. The van der Waals surface area contributed by atoms with E-state index in [1.165, 1.54) is 19.3 Å². The third-order valence-corrected chi connectivity index (χ3v) is 6.58. The number of nitrogens with zero attached hydrogens (tertiary/aromatic N) is 4. The van der Waals surface area contributed by atoms with E-state index in [0.717, 1.165) is 36.8 Å². The molecule has 0 unspecified atom stereocenters. The second-order valence-corrected chi connectivity index (χ2v) is 9.13. The van der Waals surface area contributed by atoms with E-state index in [1.807, 2.05) is 24.4 Å². The molecule has 0 aliphatic heterocycles. The highest BCUT2D eigenvalue weighted by molar-refractivity contribution is 5.99. The van der Waals surface area contributed by atoms with E-state index < -0.39 is 5.91 Å². The third-order valence-electron chi connectivity index (χ3n) is 6.58. The summed E-state index contributed by atoms with van der Waals surface area (Å²) in [5.74, 6) is 0.00989. The average Bonchev–Trinajstić information content (AvgIpc) is 3.61. The highest BCUT2D eigenvalue weighted by atomic mass is 16.5. The molecule has 0 radical (unpaired) electrons. The average molecular weight is 476 g/mol. The number of rotatable bonds is 8. The Balaban J connectivity index is 1.45. The number of primary amides is 1. The van der Waals surface area contributed by atoms with Gasteiger partial charge in [-0.05, 0) is 31.7 Å². The van der Waals surface area contributed by atoms with Crippen molar-refractivity contribution in [3.8, 4) is 16.9 Å². The van der Waals surface area contributed by atoms with Crippen molar-refractivity contribution in [2.75, 3.05) is 17.7 Å². The smallest absolute Gasteiger partial charge is 0.271 e. The summed E-state index contributed by atoms with van der Waals surface area (Å²) in [6, 6.07) is 7.68. The second kappa shape index (κ2) is 9.73. The zero-order chi connectivity index (χ0) is 24.4. The summed E-state index contributed by atoms with van der Waals surface area (Å²) in [7, 11) is 1.59. The number of carbonyl (C=O) groups excluding carboxylic acids is 2. The minimum Gasteiger partial charge on any atom is -0.494 e. The Morgan fingerprint density at radius 2 is 1.89 bits per heavy atom. The molecule has 1 aromatic carbocycles. The van der Waals surface area contributed by atoms with Crippen molar-refractivity contribution >= 4 is 29.0 Å². The molecule has 10 heteroatoms. The predicted molar refractivity (Wildman–Crippen MR) is 132 cm³/mol. The van der Waals surface area contributed by atoms with Crippen LogP contribution in [0, 0.1) is 5.92 Å². The number of hydrogen-bond acceptors (Lipinski definition) is 7. The zero-order valence-electron chi connectivity index (χ0n) is 19.7. The first-order chi connectivity index (χ1) is 17.0. The van der Waals surface area contributed by atoms with Gasteiger partial charge in [-0.15, -0.1) is 10.2 Å². The molecular weight excluding hydrogens is 446 g/mol. The van der Waals surface area contributed by atoms with Gasteiger partial charge in [0.2, 0.25) is 5.91 Å². The first-order valence-electron chi connectivity index (χ1n) is 12.0. The molecule has 2 heterocycles. The summed E-state index contributed by atoms with van der Waals surface area (Å²) in [5.41, 5.74) is 8.25. The lowest BCUT2D eigenvalue weighted by atomic mass is 9.96. The van der Waals surface area contributed by atoms with Crippen LogP contribution in [0.2, 0.25) is 0 Å².